The van der Waals surface area contributed by atoms with E-state index in [-0.39, 0.29) is 22.4 Å². The van der Waals surface area contributed by atoms with Crippen molar-refractivity contribution in [2.45, 2.75) is 24.8 Å². The first-order chi connectivity index (χ1) is 16.1. The molecule has 3 aromatic carbocycles. The number of benzene rings is 3. The van der Waals surface area contributed by atoms with Crippen LogP contribution in [0.25, 0.3) is 0 Å². The van der Waals surface area contributed by atoms with Crippen LogP contribution < -0.4 is 19.1 Å². The third kappa shape index (κ3) is 5.81. The van der Waals surface area contributed by atoms with Gasteiger partial charge in [-0.15, -0.1) is 0 Å². The van der Waals surface area contributed by atoms with Crippen LogP contribution in [-0.2, 0) is 14.8 Å². The summed E-state index contributed by atoms with van der Waals surface area (Å²) in [5, 5.41) is 3.17. The van der Waals surface area contributed by atoms with E-state index in [0.717, 1.165) is 15.4 Å². The van der Waals surface area contributed by atoms with Crippen LogP contribution in [0.4, 0.5) is 5.69 Å². The highest BCUT2D eigenvalue weighted by Gasteiger charge is 2.30. The Balaban J connectivity index is 1.94. The quantitative estimate of drug-likeness (QED) is 0.457. The second kappa shape index (κ2) is 10.8. The van der Waals surface area contributed by atoms with Crippen molar-refractivity contribution in [3.63, 3.8) is 0 Å². The number of hydrogen-bond acceptors (Lipinski definition) is 5. The Morgan fingerprint density at radius 2 is 1.65 bits per heavy atom. The number of ether oxygens (including phenoxy) is 2. The molecule has 0 aliphatic carbocycles. The van der Waals surface area contributed by atoms with E-state index in [1.807, 2.05) is 26.0 Å². The van der Waals surface area contributed by atoms with Crippen LogP contribution in [0.15, 0.2) is 71.6 Å². The van der Waals surface area contributed by atoms with Gasteiger partial charge >= 0.3 is 0 Å². The molecule has 0 fully saturated rings. The number of methoxy groups -OCH3 is 2. The van der Waals surface area contributed by atoms with Gasteiger partial charge in [0.1, 0.15) is 18.0 Å². The zero-order chi connectivity index (χ0) is 24.9. The van der Waals surface area contributed by atoms with Crippen LogP contribution in [-0.4, -0.2) is 35.1 Å². The summed E-state index contributed by atoms with van der Waals surface area (Å²) < 4.78 is 38.8. The largest absolute Gasteiger partial charge is 0.497 e. The van der Waals surface area contributed by atoms with E-state index in [4.69, 9.17) is 21.1 Å². The van der Waals surface area contributed by atoms with E-state index >= 15 is 0 Å². The second-order valence-corrected chi connectivity index (χ2v) is 10.0. The van der Waals surface area contributed by atoms with Gasteiger partial charge in [-0.2, -0.15) is 0 Å². The van der Waals surface area contributed by atoms with Gasteiger partial charge in [-0.25, -0.2) is 8.42 Å². The smallest absolute Gasteiger partial charge is 0.264 e. The van der Waals surface area contributed by atoms with Crippen molar-refractivity contribution in [1.29, 1.82) is 0 Å². The Morgan fingerprint density at radius 3 is 2.24 bits per heavy atom. The molecule has 0 aliphatic rings. The number of amides is 1. The fourth-order valence-electron chi connectivity index (χ4n) is 3.39. The van der Waals surface area contributed by atoms with Crippen molar-refractivity contribution in [2.75, 3.05) is 25.1 Å². The lowest BCUT2D eigenvalue weighted by molar-refractivity contribution is -0.120. The standard InChI is InChI=1S/C25H27ClN2O5S/c1-17-5-12-22(13-6-17)34(30,31)28(23-15-20(26)9-14-24(23)33-4)16-25(29)27-18(2)19-7-10-21(32-3)11-8-19/h5-15,18H,16H2,1-4H3,(H,27,29)/t18-/m1/s1. The molecule has 0 heterocycles. The van der Waals surface area contributed by atoms with Gasteiger partial charge in [-0.3, -0.25) is 9.10 Å². The predicted octanol–water partition coefficient (Wildman–Crippen LogP) is 4.74. The van der Waals surface area contributed by atoms with E-state index in [2.05, 4.69) is 5.32 Å². The van der Waals surface area contributed by atoms with Crippen LogP contribution in [0.2, 0.25) is 5.02 Å². The van der Waals surface area contributed by atoms with E-state index in [1.165, 1.54) is 25.3 Å². The lowest BCUT2D eigenvalue weighted by Gasteiger charge is -2.26. The zero-order valence-corrected chi connectivity index (χ0v) is 21.0. The number of rotatable bonds is 9. The molecule has 0 saturated carbocycles. The molecule has 0 radical (unpaired) electrons. The molecular formula is C25H27ClN2O5S. The van der Waals surface area contributed by atoms with E-state index in [0.29, 0.717) is 10.8 Å². The summed E-state index contributed by atoms with van der Waals surface area (Å²) in [5.74, 6) is 0.489. The van der Waals surface area contributed by atoms with Crippen molar-refractivity contribution in [1.82, 2.24) is 5.32 Å². The maximum atomic E-state index is 13.6. The Hall–Kier alpha value is -3.23. The summed E-state index contributed by atoms with van der Waals surface area (Å²) in [6, 6.07) is 17.9. The van der Waals surface area contributed by atoms with Crippen LogP contribution in [0.1, 0.15) is 24.1 Å². The fraction of sp³-hybridized carbons (Fsp3) is 0.240. The third-order valence-electron chi connectivity index (χ3n) is 5.30. The maximum absolute atomic E-state index is 13.6. The van der Waals surface area contributed by atoms with Crippen molar-refractivity contribution >= 4 is 33.2 Å². The number of nitrogens with one attached hydrogen (secondary N) is 1. The third-order valence-corrected chi connectivity index (χ3v) is 7.31. The highest BCUT2D eigenvalue weighted by atomic mass is 35.5. The average Bonchev–Trinajstić information content (AvgIpc) is 2.82. The molecule has 7 nitrogen and oxygen atoms in total. The summed E-state index contributed by atoms with van der Waals surface area (Å²) in [6.07, 6.45) is 0. The van der Waals surface area contributed by atoms with Gasteiger partial charge in [0, 0.05) is 5.02 Å². The van der Waals surface area contributed by atoms with Gasteiger partial charge < -0.3 is 14.8 Å². The molecule has 1 N–H and O–H groups in total. The van der Waals surface area contributed by atoms with Crippen LogP contribution in [0.5, 0.6) is 11.5 Å². The van der Waals surface area contributed by atoms with Gasteiger partial charge in [-0.05, 0) is 61.9 Å². The highest BCUT2D eigenvalue weighted by molar-refractivity contribution is 7.92. The van der Waals surface area contributed by atoms with Crippen molar-refractivity contribution in [2.24, 2.45) is 0 Å². The number of carbonyl (C=O) groups is 1. The summed E-state index contributed by atoms with van der Waals surface area (Å²) in [5.41, 5.74) is 1.93. The minimum absolute atomic E-state index is 0.0520. The van der Waals surface area contributed by atoms with Gasteiger partial charge in [0.15, 0.2) is 0 Å². The molecule has 0 saturated heterocycles. The Bertz CT molecular complexity index is 1250. The van der Waals surface area contributed by atoms with Gasteiger partial charge in [0.2, 0.25) is 5.91 Å². The molecule has 1 amide bonds. The first kappa shape index (κ1) is 25.4. The molecule has 180 valence electrons. The molecule has 1 atom stereocenters. The molecule has 0 bridgehead atoms. The number of aryl methyl sites for hydroxylation is 1. The van der Waals surface area contributed by atoms with Gasteiger partial charge in [0.05, 0.1) is 30.8 Å². The first-order valence-corrected chi connectivity index (χ1v) is 12.3. The summed E-state index contributed by atoms with van der Waals surface area (Å²) in [6.45, 7) is 3.22. The number of nitrogens with zero attached hydrogens (tertiary/aromatic N) is 1. The normalized spacial score (nSPS) is 12.0. The van der Waals surface area contributed by atoms with Gasteiger partial charge in [0.25, 0.3) is 10.0 Å². The molecule has 0 unspecified atom stereocenters. The SMILES string of the molecule is COc1ccc([C@@H](C)NC(=O)CN(c2cc(Cl)ccc2OC)S(=O)(=O)c2ccc(C)cc2)cc1. The minimum Gasteiger partial charge on any atom is -0.497 e. The van der Waals surface area contributed by atoms with Crippen molar-refractivity contribution in [3.05, 3.63) is 82.9 Å². The van der Waals surface area contributed by atoms with Crippen molar-refractivity contribution < 1.29 is 22.7 Å². The minimum atomic E-state index is -4.11. The lowest BCUT2D eigenvalue weighted by atomic mass is 10.1. The van der Waals surface area contributed by atoms with E-state index in [9.17, 15) is 13.2 Å². The number of anilines is 1. The molecule has 0 spiro atoms. The molecule has 9 heteroatoms. The number of carbonyl (C=O) groups excluding carboxylic acids is 1. The molecule has 0 aliphatic heterocycles. The number of halogens is 1. The second-order valence-electron chi connectivity index (χ2n) is 7.70. The molecule has 34 heavy (non-hydrogen) atoms. The summed E-state index contributed by atoms with van der Waals surface area (Å²) >= 11 is 6.17. The Labute approximate surface area is 205 Å². The monoisotopic (exact) mass is 502 g/mol. The Kier molecular flexibility index (Phi) is 8.06. The van der Waals surface area contributed by atoms with Gasteiger partial charge in [-0.1, -0.05) is 41.4 Å². The van der Waals surface area contributed by atoms with Crippen LogP contribution >= 0.6 is 11.6 Å². The maximum Gasteiger partial charge on any atom is 0.264 e. The predicted molar refractivity (Wildman–Crippen MR) is 133 cm³/mol. The zero-order valence-electron chi connectivity index (χ0n) is 19.4. The van der Waals surface area contributed by atoms with Crippen LogP contribution in [0.3, 0.4) is 0 Å². The summed E-state index contributed by atoms with van der Waals surface area (Å²) in [7, 11) is -1.10. The Morgan fingerprint density at radius 1 is 1.00 bits per heavy atom. The van der Waals surface area contributed by atoms with E-state index < -0.39 is 22.5 Å². The number of hydrogen-bond donors (Lipinski definition) is 1. The number of sulfonamides is 1. The molecule has 3 rings (SSSR count). The topological polar surface area (TPSA) is 84.9 Å². The fourth-order valence-corrected chi connectivity index (χ4v) is 4.98. The first-order valence-electron chi connectivity index (χ1n) is 10.5. The average molecular weight is 503 g/mol. The van der Waals surface area contributed by atoms with Crippen molar-refractivity contribution in [3.8, 4) is 11.5 Å². The molecular weight excluding hydrogens is 476 g/mol. The highest BCUT2D eigenvalue weighted by Crippen LogP contribution is 2.35. The molecule has 0 aromatic heterocycles. The van der Waals surface area contributed by atoms with E-state index in [1.54, 1.807) is 43.5 Å². The summed E-state index contributed by atoms with van der Waals surface area (Å²) in [4.78, 5) is 13.1. The van der Waals surface area contributed by atoms with Crippen LogP contribution in [0, 0.1) is 6.92 Å². The lowest BCUT2D eigenvalue weighted by Crippen LogP contribution is -2.41. The molecule has 3 aromatic rings.